The minimum absolute atomic E-state index is 0.0752. The minimum atomic E-state index is -0.619. The lowest BCUT2D eigenvalue weighted by Crippen LogP contribution is -2.36. The van der Waals surface area contributed by atoms with Gasteiger partial charge in [-0.3, -0.25) is 0 Å². The molecule has 0 aliphatic heterocycles. The summed E-state index contributed by atoms with van der Waals surface area (Å²) in [6, 6.07) is 3.16. The van der Waals surface area contributed by atoms with Crippen LogP contribution in [-0.4, -0.2) is 24.8 Å². The van der Waals surface area contributed by atoms with E-state index in [1.54, 1.807) is 20.8 Å². The van der Waals surface area contributed by atoms with Crippen LogP contribution in [0.15, 0.2) is 18.2 Å². The lowest BCUT2D eigenvalue weighted by molar-refractivity contribution is 0.0524. The zero-order chi connectivity index (χ0) is 15.3. The number of benzene rings is 1. The average molecular weight is 286 g/mol. The summed E-state index contributed by atoms with van der Waals surface area (Å²) in [6.45, 7) is 5.36. The number of hydrogen-bond acceptors (Lipinski definition) is 3. The van der Waals surface area contributed by atoms with E-state index >= 15 is 0 Å². The summed E-state index contributed by atoms with van der Waals surface area (Å²) in [6.07, 6.45) is -0.618. The van der Waals surface area contributed by atoms with Gasteiger partial charge in [0, 0.05) is 19.0 Å². The molecule has 20 heavy (non-hydrogen) atoms. The Bertz CT molecular complexity index is 473. The molecule has 1 amide bonds. The Morgan fingerprint density at radius 3 is 2.60 bits per heavy atom. The van der Waals surface area contributed by atoms with E-state index in [0.29, 0.717) is 0 Å². The van der Waals surface area contributed by atoms with Crippen molar-refractivity contribution >= 4 is 6.09 Å². The Labute approximate surface area is 117 Å². The van der Waals surface area contributed by atoms with Crippen LogP contribution in [0.25, 0.3) is 0 Å². The van der Waals surface area contributed by atoms with Crippen LogP contribution in [0, 0.1) is 11.6 Å². The number of nitrogens with one attached hydrogen (secondary N) is 1. The van der Waals surface area contributed by atoms with Crippen LogP contribution < -0.4 is 11.1 Å². The summed E-state index contributed by atoms with van der Waals surface area (Å²) in [5, 5.41) is 2.51. The number of rotatable bonds is 4. The molecule has 0 fully saturated rings. The second kappa shape index (κ2) is 6.65. The van der Waals surface area contributed by atoms with Crippen LogP contribution in [0.2, 0.25) is 0 Å². The van der Waals surface area contributed by atoms with Crippen LogP contribution in [0.4, 0.5) is 13.6 Å². The first-order chi connectivity index (χ1) is 9.23. The molecule has 1 aromatic rings. The molecule has 4 nitrogen and oxygen atoms in total. The predicted octanol–water partition coefficient (Wildman–Crippen LogP) is 2.53. The van der Waals surface area contributed by atoms with E-state index in [-0.39, 0.29) is 18.7 Å². The first-order valence-electron chi connectivity index (χ1n) is 6.35. The third-order valence-electron chi connectivity index (χ3n) is 2.57. The number of carbonyl (C=O) groups excluding carboxylic acids is 1. The number of amides is 1. The van der Waals surface area contributed by atoms with Crippen LogP contribution in [0.5, 0.6) is 0 Å². The number of carbonyl (C=O) groups is 1. The van der Waals surface area contributed by atoms with Crippen LogP contribution >= 0.6 is 0 Å². The van der Waals surface area contributed by atoms with Crippen molar-refractivity contribution in [2.24, 2.45) is 5.73 Å². The highest BCUT2D eigenvalue weighted by Crippen LogP contribution is 2.19. The number of nitrogens with two attached hydrogens (primary N) is 1. The highest BCUT2D eigenvalue weighted by atomic mass is 19.1. The Hall–Kier alpha value is -1.69. The first-order valence-corrected chi connectivity index (χ1v) is 6.35. The van der Waals surface area contributed by atoms with Crippen molar-refractivity contribution in [1.29, 1.82) is 0 Å². The maximum absolute atomic E-state index is 13.6. The van der Waals surface area contributed by atoms with E-state index in [9.17, 15) is 13.6 Å². The number of ether oxygens (including phenoxy) is 1. The number of halogens is 2. The SMILES string of the molecule is CC(C)(C)OC(=O)NCC(CN)c1cc(F)ccc1F. The van der Waals surface area contributed by atoms with Gasteiger partial charge in [-0.1, -0.05) is 0 Å². The zero-order valence-electron chi connectivity index (χ0n) is 11.9. The van der Waals surface area contributed by atoms with Gasteiger partial charge in [0.1, 0.15) is 17.2 Å². The second-order valence-corrected chi connectivity index (χ2v) is 5.48. The minimum Gasteiger partial charge on any atom is -0.444 e. The van der Waals surface area contributed by atoms with E-state index in [2.05, 4.69) is 5.32 Å². The van der Waals surface area contributed by atoms with Crippen LogP contribution in [0.3, 0.4) is 0 Å². The monoisotopic (exact) mass is 286 g/mol. The van der Waals surface area contributed by atoms with Crippen molar-refractivity contribution in [3.8, 4) is 0 Å². The molecule has 0 aromatic heterocycles. The third kappa shape index (κ3) is 5.13. The topological polar surface area (TPSA) is 64.3 Å². The molecule has 1 aromatic carbocycles. The van der Waals surface area contributed by atoms with Gasteiger partial charge in [0.15, 0.2) is 0 Å². The number of hydrogen-bond donors (Lipinski definition) is 2. The fraction of sp³-hybridized carbons (Fsp3) is 0.500. The maximum atomic E-state index is 13.6. The van der Waals surface area contributed by atoms with Crippen molar-refractivity contribution < 1.29 is 18.3 Å². The lowest BCUT2D eigenvalue weighted by Gasteiger charge is -2.21. The van der Waals surface area contributed by atoms with Crippen LogP contribution in [-0.2, 0) is 4.74 Å². The molecule has 0 bridgehead atoms. The summed E-state index contributed by atoms with van der Waals surface area (Å²) in [5.41, 5.74) is 5.08. The van der Waals surface area contributed by atoms with Crippen molar-refractivity contribution in [1.82, 2.24) is 5.32 Å². The molecule has 112 valence electrons. The van der Waals surface area contributed by atoms with Crippen molar-refractivity contribution in [3.63, 3.8) is 0 Å². The molecule has 0 heterocycles. The summed E-state index contributed by atoms with van der Waals surface area (Å²) in [5.74, 6) is -1.61. The quantitative estimate of drug-likeness (QED) is 0.894. The third-order valence-corrected chi connectivity index (χ3v) is 2.57. The van der Waals surface area contributed by atoms with Gasteiger partial charge < -0.3 is 15.8 Å². The smallest absolute Gasteiger partial charge is 0.407 e. The molecule has 3 N–H and O–H groups in total. The molecule has 0 saturated carbocycles. The molecule has 0 aliphatic rings. The summed E-state index contributed by atoms with van der Waals surface area (Å²) >= 11 is 0. The molecule has 1 rings (SSSR count). The van der Waals surface area contributed by atoms with Crippen molar-refractivity contribution in [2.75, 3.05) is 13.1 Å². The van der Waals surface area contributed by atoms with E-state index in [1.807, 2.05) is 0 Å². The summed E-state index contributed by atoms with van der Waals surface area (Å²) in [4.78, 5) is 11.5. The Kier molecular flexibility index (Phi) is 5.44. The molecular formula is C14H20F2N2O2. The van der Waals surface area contributed by atoms with Gasteiger partial charge in [-0.2, -0.15) is 0 Å². The van der Waals surface area contributed by atoms with E-state index in [0.717, 1.165) is 18.2 Å². The van der Waals surface area contributed by atoms with Crippen LogP contribution in [0.1, 0.15) is 32.3 Å². The average Bonchev–Trinajstić information content (AvgIpc) is 2.32. The highest BCUT2D eigenvalue weighted by Gasteiger charge is 2.19. The molecular weight excluding hydrogens is 266 g/mol. The Morgan fingerprint density at radius 2 is 2.05 bits per heavy atom. The fourth-order valence-corrected chi connectivity index (χ4v) is 1.67. The molecule has 0 spiro atoms. The van der Waals surface area contributed by atoms with Gasteiger partial charge in [-0.25, -0.2) is 13.6 Å². The van der Waals surface area contributed by atoms with Gasteiger partial charge >= 0.3 is 6.09 Å². The van der Waals surface area contributed by atoms with Gasteiger partial charge in [-0.05, 0) is 44.5 Å². The van der Waals surface area contributed by atoms with E-state index < -0.39 is 29.2 Å². The van der Waals surface area contributed by atoms with Gasteiger partial charge in [0.05, 0.1) is 0 Å². The van der Waals surface area contributed by atoms with E-state index in [1.165, 1.54) is 0 Å². The first kappa shape index (κ1) is 16.4. The number of alkyl carbamates (subject to hydrolysis) is 1. The normalized spacial score (nSPS) is 12.9. The van der Waals surface area contributed by atoms with Crippen molar-refractivity contribution in [2.45, 2.75) is 32.3 Å². The molecule has 0 aliphatic carbocycles. The highest BCUT2D eigenvalue weighted by molar-refractivity contribution is 5.67. The maximum Gasteiger partial charge on any atom is 0.407 e. The summed E-state index contributed by atoms with van der Waals surface area (Å²) in [7, 11) is 0. The second-order valence-electron chi connectivity index (χ2n) is 5.48. The molecule has 0 radical (unpaired) electrons. The van der Waals surface area contributed by atoms with Gasteiger partial charge in [0.2, 0.25) is 0 Å². The van der Waals surface area contributed by atoms with Gasteiger partial charge in [0.25, 0.3) is 0 Å². The molecule has 0 saturated heterocycles. The standard InChI is InChI=1S/C14H20F2N2O2/c1-14(2,3)20-13(19)18-8-9(7-17)11-6-10(15)4-5-12(11)16/h4-6,9H,7-8,17H2,1-3H3,(H,18,19). The molecule has 1 atom stereocenters. The predicted molar refractivity (Wildman–Crippen MR) is 72.4 cm³/mol. The van der Waals surface area contributed by atoms with E-state index in [4.69, 9.17) is 10.5 Å². The molecule has 1 unspecified atom stereocenters. The molecule has 6 heteroatoms. The van der Waals surface area contributed by atoms with Gasteiger partial charge in [-0.15, -0.1) is 0 Å². The Morgan fingerprint density at radius 1 is 1.40 bits per heavy atom. The largest absolute Gasteiger partial charge is 0.444 e. The lowest BCUT2D eigenvalue weighted by atomic mass is 9.98. The zero-order valence-corrected chi connectivity index (χ0v) is 11.9. The van der Waals surface area contributed by atoms with Crippen molar-refractivity contribution in [3.05, 3.63) is 35.4 Å². The Balaban J connectivity index is 2.68. The fourth-order valence-electron chi connectivity index (χ4n) is 1.67. The summed E-state index contributed by atoms with van der Waals surface area (Å²) < 4.78 is 31.8.